The SMILES string of the molecule is CC1C(C)N([O])C(C)(C)C1C(N)=O. The van der Waals surface area contributed by atoms with Crippen LogP contribution in [-0.2, 0) is 10.0 Å². The van der Waals surface area contributed by atoms with Gasteiger partial charge in [0.2, 0.25) is 5.91 Å². The average molecular weight is 185 g/mol. The van der Waals surface area contributed by atoms with Crippen LogP contribution in [0.4, 0.5) is 0 Å². The number of primary amides is 1. The van der Waals surface area contributed by atoms with Crippen LogP contribution in [-0.4, -0.2) is 22.6 Å². The monoisotopic (exact) mass is 185 g/mol. The van der Waals surface area contributed by atoms with Gasteiger partial charge in [0.1, 0.15) is 0 Å². The van der Waals surface area contributed by atoms with Crippen LogP contribution in [0.25, 0.3) is 0 Å². The van der Waals surface area contributed by atoms with Crippen LogP contribution in [0, 0.1) is 11.8 Å². The van der Waals surface area contributed by atoms with Crippen LogP contribution >= 0.6 is 0 Å². The Morgan fingerprint density at radius 2 is 1.85 bits per heavy atom. The highest BCUT2D eigenvalue weighted by molar-refractivity contribution is 5.79. The molecule has 0 aromatic heterocycles. The third-order valence-electron chi connectivity index (χ3n) is 3.29. The second kappa shape index (κ2) is 2.96. The Hall–Kier alpha value is -0.610. The first-order chi connectivity index (χ1) is 5.80. The Kier molecular flexibility index (Phi) is 2.38. The standard InChI is InChI=1S/C9H17N2O2/c1-5-6(2)11(13)9(3,4)7(5)8(10)12/h5-7H,1-4H3,(H2,10,12). The number of amides is 1. The van der Waals surface area contributed by atoms with Crippen LogP contribution < -0.4 is 5.73 Å². The maximum absolute atomic E-state index is 11.7. The lowest BCUT2D eigenvalue weighted by Crippen LogP contribution is -2.45. The molecule has 1 amide bonds. The number of carbonyl (C=O) groups is 1. The number of hydroxylamine groups is 2. The van der Waals surface area contributed by atoms with Crippen molar-refractivity contribution in [3.05, 3.63) is 0 Å². The van der Waals surface area contributed by atoms with E-state index in [1.54, 1.807) is 13.8 Å². The fourth-order valence-electron chi connectivity index (χ4n) is 2.40. The first-order valence-electron chi connectivity index (χ1n) is 4.56. The van der Waals surface area contributed by atoms with Gasteiger partial charge in [0.05, 0.1) is 11.5 Å². The molecule has 0 aromatic carbocycles. The highest BCUT2D eigenvalue weighted by atomic mass is 16.5. The molecule has 1 aliphatic rings. The molecule has 1 heterocycles. The van der Waals surface area contributed by atoms with Crippen LogP contribution in [0.15, 0.2) is 0 Å². The molecule has 1 aliphatic heterocycles. The van der Waals surface area contributed by atoms with Crippen molar-refractivity contribution >= 4 is 5.91 Å². The molecular formula is C9H17N2O2. The summed E-state index contributed by atoms with van der Waals surface area (Å²) >= 11 is 0. The molecule has 0 bridgehead atoms. The van der Waals surface area contributed by atoms with Gasteiger partial charge < -0.3 is 5.73 Å². The van der Waals surface area contributed by atoms with Crippen LogP contribution in [0.2, 0.25) is 0 Å². The highest BCUT2D eigenvalue weighted by Gasteiger charge is 2.53. The lowest BCUT2D eigenvalue weighted by Gasteiger charge is -2.29. The quantitative estimate of drug-likeness (QED) is 0.648. The number of nitrogens with zero attached hydrogens (tertiary/aromatic N) is 1. The zero-order valence-corrected chi connectivity index (χ0v) is 8.57. The molecule has 4 nitrogen and oxygen atoms in total. The van der Waals surface area contributed by atoms with Crippen molar-refractivity contribution in [1.82, 2.24) is 5.06 Å². The smallest absolute Gasteiger partial charge is 0.222 e. The first kappa shape index (κ1) is 10.5. The third kappa shape index (κ3) is 1.34. The van der Waals surface area contributed by atoms with E-state index >= 15 is 0 Å². The summed E-state index contributed by atoms with van der Waals surface area (Å²) in [5, 5.41) is 12.7. The van der Waals surface area contributed by atoms with Crippen molar-refractivity contribution in [3.63, 3.8) is 0 Å². The van der Waals surface area contributed by atoms with Gasteiger partial charge in [0.15, 0.2) is 0 Å². The summed E-state index contributed by atoms with van der Waals surface area (Å²) in [6.45, 7) is 7.28. The molecule has 13 heavy (non-hydrogen) atoms. The van der Waals surface area contributed by atoms with Gasteiger partial charge >= 0.3 is 0 Å². The van der Waals surface area contributed by atoms with Gasteiger partial charge in [-0.3, -0.25) is 4.79 Å². The van der Waals surface area contributed by atoms with Crippen molar-refractivity contribution in [2.45, 2.75) is 39.3 Å². The number of carbonyl (C=O) groups excluding carboxylic acids is 1. The molecule has 1 fully saturated rings. The van der Waals surface area contributed by atoms with Crippen molar-refractivity contribution in [3.8, 4) is 0 Å². The minimum absolute atomic E-state index is 0.0324. The topological polar surface area (TPSA) is 66.2 Å². The van der Waals surface area contributed by atoms with E-state index in [4.69, 9.17) is 5.73 Å². The van der Waals surface area contributed by atoms with E-state index in [9.17, 15) is 10.0 Å². The summed E-state index contributed by atoms with van der Waals surface area (Å²) in [6.07, 6.45) is 0. The van der Waals surface area contributed by atoms with Crippen molar-refractivity contribution < 1.29 is 10.0 Å². The van der Waals surface area contributed by atoms with Gasteiger partial charge in [-0.15, -0.1) is 10.3 Å². The van der Waals surface area contributed by atoms with Crippen LogP contribution in [0.3, 0.4) is 0 Å². The first-order valence-corrected chi connectivity index (χ1v) is 4.56. The summed E-state index contributed by atoms with van der Waals surface area (Å²) in [5.74, 6) is -0.687. The summed E-state index contributed by atoms with van der Waals surface area (Å²) in [4.78, 5) is 11.2. The zero-order valence-electron chi connectivity index (χ0n) is 8.57. The van der Waals surface area contributed by atoms with E-state index in [1.807, 2.05) is 13.8 Å². The number of rotatable bonds is 1. The summed E-state index contributed by atoms with van der Waals surface area (Å²) in [7, 11) is 0. The molecule has 0 aromatic rings. The average Bonchev–Trinajstić information content (AvgIpc) is 2.12. The summed E-state index contributed by atoms with van der Waals surface area (Å²) in [5.41, 5.74) is 4.62. The van der Waals surface area contributed by atoms with Gasteiger partial charge in [-0.2, -0.15) is 0 Å². The largest absolute Gasteiger partial charge is 0.369 e. The fraction of sp³-hybridized carbons (Fsp3) is 0.889. The second-order valence-corrected chi connectivity index (χ2v) is 4.46. The lowest BCUT2D eigenvalue weighted by molar-refractivity contribution is -0.222. The molecule has 3 unspecified atom stereocenters. The van der Waals surface area contributed by atoms with E-state index in [2.05, 4.69) is 0 Å². The van der Waals surface area contributed by atoms with E-state index in [1.165, 1.54) is 0 Å². The van der Waals surface area contributed by atoms with Crippen LogP contribution in [0.1, 0.15) is 27.7 Å². The minimum atomic E-state index is -0.662. The van der Waals surface area contributed by atoms with Gasteiger partial charge in [0.25, 0.3) is 0 Å². The molecule has 1 radical (unpaired) electrons. The van der Waals surface area contributed by atoms with Crippen molar-refractivity contribution in [1.29, 1.82) is 0 Å². The maximum atomic E-state index is 11.7. The van der Waals surface area contributed by atoms with Gasteiger partial charge in [-0.1, -0.05) is 6.92 Å². The minimum Gasteiger partial charge on any atom is -0.369 e. The van der Waals surface area contributed by atoms with Gasteiger partial charge in [-0.25, -0.2) is 0 Å². The van der Waals surface area contributed by atoms with E-state index in [-0.39, 0.29) is 23.8 Å². The molecular weight excluding hydrogens is 168 g/mol. The molecule has 3 atom stereocenters. The van der Waals surface area contributed by atoms with E-state index in [0.29, 0.717) is 0 Å². The zero-order chi connectivity index (χ0) is 10.4. The number of nitrogens with two attached hydrogens (primary N) is 1. The third-order valence-corrected chi connectivity index (χ3v) is 3.29. The predicted molar refractivity (Wildman–Crippen MR) is 47.9 cm³/mol. The Labute approximate surface area is 78.7 Å². The number of hydrogen-bond acceptors (Lipinski definition) is 2. The maximum Gasteiger partial charge on any atom is 0.222 e. The molecule has 1 saturated heterocycles. The predicted octanol–water partition coefficient (Wildman–Crippen LogP) is 0.552. The Morgan fingerprint density at radius 3 is 2.00 bits per heavy atom. The molecule has 75 valence electrons. The Balaban J connectivity index is 3.02. The summed E-state index contributed by atoms with van der Waals surface area (Å²) in [6, 6.07) is -0.132. The summed E-state index contributed by atoms with van der Waals surface area (Å²) < 4.78 is 0. The van der Waals surface area contributed by atoms with Gasteiger partial charge in [0, 0.05) is 6.04 Å². The van der Waals surface area contributed by atoms with Crippen molar-refractivity contribution in [2.75, 3.05) is 0 Å². The number of hydrogen-bond donors (Lipinski definition) is 1. The van der Waals surface area contributed by atoms with E-state index in [0.717, 1.165) is 5.06 Å². The van der Waals surface area contributed by atoms with Crippen molar-refractivity contribution in [2.24, 2.45) is 17.6 Å². The Bertz CT molecular complexity index is 228. The fourth-order valence-corrected chi connectivity index (χ4v) is 2.40. The normalized spacial score (nSPS) is 39.3. The lowest BCUT2D eigenvalue weighted by atomic mass is 9.81. The molecule has 0 aliphatic carbocycles. The van der Waals surface area contributed by atoms with Crippen LogP contribution in [0.5, 0.6) is 0 Å². The van der Waals surface area contributed by atoms with E-state index < -0.39 is 5.54 Å². The molecule has 1 rings (SSSR count). The molecule has 0 saturated carbocycles. The van der Waals surface area contributed by atoms with Gasteiger partial charge in [-0.05, 0) is 26.7 Å². The molecule has 4 heteroatoms. The molecule has 0 spiro atoms. The second-order valence-electron chi connectivity index (χ2n) is 4.46. The highest BCUT2D eigenvalue weighted by Crippen LogP contribution is 2.41. The Morgan fingerprint density at radius 1 is 1.38 bits per heavy atom. The molecule has 2 N–H and O–H groups in total.